The molecule has 4 aromatic carbocycles. The molecule has 6 nitrogen and oxygen atoms in total. The molecule has 0 aliphatic heterocycles. The summed E-state index contributed by atoms with van der Waals surface area (Å²) in [7, 11) is 1.61. The van der Waals surface area contributed by atoms with Gasteiger partial charge in [0, 0.05) is 53.0 Å². The van der Waals surface area contributed by atoms with E-state index in [1.165, 1.54) is 23.0 Å². The summed E-state index contributed by atoms with van der Waals surface area (Å²) in [6.07, 6.45) is 4.85. The second-order valence-electron chi connectivity index (χ2n) is 10.7. The van der Waals surface area contributed by atoms with Crippen LogP contribution in [0.5, 0.6) is 17.2 Å². The highest BCUT2D eigenvalue weighted by atomic mass is 19.1. The van der Waals surface area contributed by atoms with Crippen molar-refractivity contribution in [3.8, 4) is 39.9 Å². The number of hydrogen-bond donors (Lipinski definition) is 0. The van der Waals surface area contributed by atoms with Crippen molar-refractivity contribution >= 4 is 21.8 Å². The van der Waals surface area contributed by atoms with Gasteiger partial charge in [-0.1, -0.05) is 35.9 Å². The van der Waals surface area contributed by atoms with Crippen LogP contribution in [0, 0.1) is 12.7 Å². The molecule has 0 atom stereocenters. The van der Waals surface area contributed by atoms with Crippen molar-refractivity contribution < 1.29 is 22.6 Å². The van der Waals surface area contributed by atoms with E-state index >= 15 is 0 Å². The fourth-order valence-electron chi connectivity index (χ4n) is 5.90. The summed E-state index contributed by atoms with van der Waals surface area (Å²) >= 11 is 0. The van der Waals surface area contributed by atoms with E-state index < -0.39 is 19.2 Å². The molecule has 0 saturated carbocycles. The zero-order chi connectivity index (χ0) is 31.1. The highest BCUT2D eigenvalue weighted by molar-refractivity contribution is 6.09. The Morgan fingerprint density at radius 1 is 0.778 bits per heavy atom. The highest BCUT2D eigenvalue weighted by Gasteiger charge is 2.17. The Morgan fingerprint density at radius 3 is 2.33 bits per heavy atom. The Labute approximate surface area is 256 Å². The lowest BCUT2D eigenvalue weighted by molar-refractivity contribution is 0.414. The number of aromatic nitrogens is 4. The first kappa shape index (κ1) is 28.2. The molecule has 0 unspecified atom stereocenters. The summed E-state index contributed by atoms with van der Waals surface area (Å²) in [5.74, 6) is 1.58. The smallest absolute Gasteiger partial charge is 0.141 e. The van der Waals surface area contributed by atoms with Crippen LogP contribution in [0.4, 0.5) is 13.2 Å². The van der Waals surface area contributed by atoms with Crippen molar-refractivity contribution in [1.82, 2.24) is 19.3 Å². The average molecular weight is 605 g/mol. The Balaban J connectivity index is 1.27. The SMILES string of the molecule is COc1ccnc(-n2c3ccccc3c3ccc(Oc4cc(F)cc(-n5cc(-c6c(CF)cc(C)cc6CF)cn5)c4)cc32)c1. The number of nitrogens with zero attached hydrogens (tertiary/aromatic N) is 4. The monoisotopic (exact) mass is 604 g/mol. The maximum Gasteiger partial charge on any atom is 0.141 e. The number of aryl methyl sites for hydroxylation is 1. The molecule has 0 radical (unpaired) electrons. The van der Waals surface area contributed by atoms with Gasteiger partial charge in [-0.25, -0.2) is 22.8 Å². The van der Waals surface area contributed by atoms with Crippen molar-refractivity contribution in [3.05, 3.63) is 126 Å². The van der Waals surface area contributed by atoms with E-state index in [0.717, 1.165) is 27.4 Å². The lowest BCUT2D eigenvalue weighted by Crippen LogP contribution is -1.98. The molecule has 9 heteroatoms. The molecule has 0 bridgehead atoms. The van der Waals surface area contributed by atoms with Crippen LogP contribution >= 0.6 is 0 Å². The quantitative estimate of drug-likeness (QED) is 0.174. The normalized spacial score (nSPS) is 11.4. The van der Waals surface area contributed by atoms with Gasteiger partial charge in [-0.3, -0.25) is 4.57 Å². The van der Waals surface area contributed by atoms with Gasteiger partial charge < -0.3 is 9.47 Å². The maximum absolute atomic E-state index is 14.9. The van der Waals surface area contributed by atoms with Gasteiger partial charge in [0.15, 0.2) is 0 Å². The number of methoxy groups -OCH3 is 1. The van der Waals surface area contributed by atoms with Crippen LogP contribution in [0.3, 0.4) is 0 Å². The molecule has 0 aliphatic carbocycles. The summed E-state index contributed by atoms with van der Waals surface area (Å²) < 4.78 is 57.9. The minimum Gasteiger partial charge on any atom is -0.497 e. The van der Waals surface area contributed by atoms with Gasteiger partial charge in [0.1, 0.15) is 42.2 Å². The molecule has 0 N–H and O–H groups in total. The van der Waals surface area contributed by atoms with E-state index in [9.17, 15) is 13.2 Å². The molecule has 224 valence electrons. The van der Waals surface area contributed by atoms with E-state index in [4.69, 9.17) is 9.47 Å². The molecule has 0 amide bonds. The van der Waals surface area contributed by atoms with Crippen LogP contribution in [0.15, 0.2) is 104 Å². The minimum atomic E-state index is -0.746. The summed E-state index contributed by atoms with van der Waals surface area (Å²) in [6.45, 7) is 0.307. The number of fused-ring (bicyclic) bond motifs is 3. The van der Waals surface area contributed by atoms with E-state index in [1.807, 2.05) is 47.0 Å². The van der Waals surface area contributed by atoms with Crippen LogP contribution in [0.2, 0.25) is 0 Å². The van der Waals surface area contributed by atoms with Crippen LogP contribution in [-0.2, 0) is 13.3 Å². The van der Waals surface area contributed by atoms with E-state index in [1.54, 1.807) is 50.7 Å². The Kier molecular flexibility index (Phi) is 7.21. The van der Waals surface area contributed by atoms with Crippen molar-refractivity contribution in [3.63, 3.8) is 0 Å². The van der Waals surface area contributed by atoms with E-state index in [-0.39, 0.29) is 5.75 Å². The average Bonchev–Trinajstić information content (AvgIpc) is 3.67. The molecular weight excluding hydrogens is 577 g/mol. The van der Waals surface area contributed by atoms with Gasteiger partial charge in [0.2, 0.25) is 0 Å². The second kappa shape index (κ2) is 11.5. The molecule has 3 aromatic heterocycles. The molecule has 0 spiro atoms. The van der Waals surface area contributed by atoms with Gasteiger partial charge in [0.05, 0.1) is 30.0 Å². The van der Waals surface area contributed by atoms with Gasteiger partial charge >= 0.3 is 0 Å². The van der Waals surface area contributed by atoms with E-state index in [0.29, 0.717) is 45.3 Å². The molecule has 3 heterocycles. The molecule has 0 aliphatic rings. The first-order valence-electron chi connectivity index (χ1n) is 14.3. The molecular formula is C36H27F3N4O2. The van der Waals surface area contributed by atoms with Gasteiger partial charge in [-0.05, 0) is 53.9 Å². The van der Waals surface area contributed by atoms with Gasteiger partial charge in [-0.2, -0.15) is 5.10 Å². The number of para-hydroxylation sites is 1. The minimum absolute atomic E-state index is 0.257. The standard InChI is InChI=1S/C36H27F3N4O2/c1-22-11-23(18-37)36(24(12-22)19-38)25-20-41-42(21-25)27-13-26(39)14-30(15-27)45-29-7-8-32-31-5-3-4-6-33(31)43(34(32)16-29)35-17-28(44-2)9-10-40-35/h3-17,20-21H,18-19H2,1-2H3. The predicted molar refractivity (Wildman–Crippen MR) is 169 cm³/mol. The zero-order valence-electron chi connectivity index (χ0n) is 24.5. The molecule has 7 rings (SSSR count). The largest absolute Gasteiger partial charge is 0.497 e. The van der Waals surface area contributed by atoms with Crippen LogP contribution in [0.25, 0.3) is 44.4 Å². The lowest BCUT2D eigenvalue weighted by Gasteiger charge is -2.12. The lowest BCUT2D eigenvalue weighted by atomic mass is 9.95. The number of ether oxygens (including phenoxy) is 2. The number of hydrogen-bond acceptors (Lipinski definition) is 4. The first-order chi connectivity index (χ1) is 21.9. The van der Waals surface area contributed by atoms with E-state index in [2.05, 4.69) is 16.1 Å². The summed E-state index contributed by atoms with van der Waals surface area (Å²) in [5.41, 5.74) is 4.73. The third-order valence-corrected chi connectivity index (χ3v) is 7.79. The molecule has 0 fully saturated rings. The number of pyridine rings is 1. The number of alkyl halides is 2. The fourth-order valence-corrected chi connectivity index (χ4v) is 5.90. The molecule has 0 saturated heterocycles. The summed E-state index contributed by atoms with van der Waals surface area (Å²) in [6, 6.07) is 25.0. The topological polar surface area (TPSA) is 54.1 Å². The predicted octanol–water partition coefficient (Wildman–Crippen LogP) is 9.22. The maximum atomic E-state index is 14.9. The third-order valence-electron chi connectivity index (χ3n) is 7.79. The fraction of sp³-hybridized carbons (Fsp3) is 0.111. The Hall–Kier alpha value is -5.57. The molecule has 45 heavy (non-hydrogen) atoms. The van der Waals surface area contributed by atoms with Crippen molar-refractivity contribution in [2.24, 2.45) is 0 Å². The van der Waals surface area contributed by atoms with Crippen molar-refractivity contribution in [2.75, 3.05) is 7.11 Å². The van der Waals surface area contributed by atoms with Gasteiger partial charge in [-0.15, -0.1) is 0 Å². The molecule has 7 aromatic rings. The van der Waals surface area contributed by atoms with Gasteiger partial charge in [0.25, 0.3) is 0 Å². The first-order valence-corrected chi connectivity index (χ1v) is 14.3. The third kappa shape index (κ3) is 5.16. The summed E-state index contributed by atoms with van der Waals surface area (Å²) in [5, 5.41) is 6.43. The Bertz CT molecular complexity index is 2180. The number of benzene rings is 4. The van der Waals surface area contributed by atoms with Crippen molar-refractivity contribution in [2.45, 2.75) is 20.3 Å². The van der Waals surface area contributed by atoms with Crippen molar-refractivity contribution in [1.29, 1.82) is 0 Å². The number of rotatable bonds is 8. The van der Waals surface area contributed by atoms with Crippen LogP contribution < -0.4 is 9.47 Å². The highest BCUT2D eigenvalue weighted by Crippen LogP contribution is 2.36. The number of halogens is 3. The summed E-state index contributed by atoms with van der Waals surface area (Å²) in [4.78, 5) is 4.59. The zero-order valence-corrected chi connectivity index (χ0v) is 24.5. The second-order valence-corrected chi connectivity index (χ2v) is 10.7. The van der Waals surface area contributed by atoms with Crippen LogP contribution in [0.1, 0.15) is 16.7 Å². The Morgan fingerprint density at radius 2 is 1.56 bits per heavy atom. The van der Waals surface area contributed by atoms with Crippen LogP contribution in [-0.4, -0.2) is 26.4 Å².